The molecule has 0 amide bonds. The van der Waals surface area contributed by atoms with E-state index >= 15 is 0 Å². The van der Waals surface area contributed by atoms with Crippen LogP contribution in [0.3, 0.4) is 0 Å². The predicted molar refractivity (Wildman–Crippen MR) is 171 cm³/mol. The molecule has 0 saturated carbocycles. The van der Waals surface area contributed by atoms with Gasteiger partial charge < -0.3 is 30.2 Å². The molecule has 0 spiro atoms. The minimum atomic E-state index is 0.205. The van der Waals surface area contributed by atoms with Gasteiger partial charge in [0.2, 0.25) is 0 Å². The van der Waals surface area contributed by atoms with E-state index in [1.165, 1.54) is 32.4 Å². The molecule has 1 atom stereocenters. The van der Waals surface area contributed by atoms with Crippen LogP contribution in [0, 0.1) is 5.92 Å². The highest BCUT2D eigenvalue weighted by molar-refractivity contribution is 5.83. The van der Waals surface area contributed by atoms with Crippen LogP contribution in [-0.2, 0) is 14.3 Å². The van der Waals surface area contributed by atoms with Crippen molar-refractivity contribution in [3.8, 4) is 0 Å². The minimum absolute atomic E-state index is 0.205. The third-order valence-corrected chi connectivity index (χ3v) is 5.28. The van der Waals surface area contributed by atoms with E-state index in [4.69, 9.17) is 20.0 Å². The zero-order valence-electron chi connectivity index (χ0n) is 26.0. The van der Waals surface area contributed by atoms with Crippen LogP contribution in [0.1, 0.15) is 59.8 Å². The fraction of sp³-hybridized carbons (Fsp3) is 0.581. The molecule has 0 aromatic heterocycles. The van der Waals surface area contributed by atoms with Gasteiger partial charge in [0.15, 0.2) is 0 Å². The number of carbonyl (C=O) groups excluding carboxylic acids is 1. The Hall–Kier alpha value is -3.33. The maximum absolute atomic E-state index is 8.00. The van der Waals surface area contributed by atoms with Gasteiger partial charge in [-0.1, -0.05) is 51.5 Å². The topological polar surface area (TPSA) is 105 Å². The van der Waals surface area contributed by atoms with Gasteiger partial charge in [-0.05, 0) is 63.8 Å². The van der Waals surface area contributed by atoms with Crippen molar-refractivity contribution in [2.45, 2.75) is 59.8 Å². The lowest BCUT2D eigenvalue weighted by Gasteiger charge is -2.25. The van der Waals surface area contributed by atoms with Crippen LogP contribution in [0.4, 0.5) is 0 Å². The average Bonchev–Trinajstić information content (AvgIpc) is 2.97. The largest absolute Gasteiger partial charge is 0.490 e. The lowest BCUT2D eigenvalue weighted by molar-refractivity contribution is -0.0980. The molecule has 0 aromatic carbocycles. The van der Waals surface area contributed by atoms with E-state index in [0.717, 1.165) is 31.7 Å². The summed E-state index contributed by atoms with van der Waals surface area (Å²) in [7, 11) is 3.76. The highest BCUT2D eigenvalue weighted by Crippen LogP contribution is 2.11. The molecule has 0 radical (unpaired) electrons. The summed E-state index contributed by atoms with van der Waals surface area (Å²) in [5.74, 6) is 1.58. The first-order chi connectivity index (χ1) is 19.5. The number of aliphatic imine (C=N–C) groups is 2. The molecule has 1 unspecified atom stereocenters. The van der Waals surface area contributed by atoms with Gasteiger partial charge in [-0.15, -0.1) is 6.58 Å². The molecule has 0 aromatic rings. The molecule has 1 heterocycles. The van der Waals surface area contributed by atoms with Crippen LogP contribution >= 0.6 is 0 Å². The number of carbonyl (C=O) groups is 1. The van der Waals surface area contributed by atoms with Gasteiger partial charge in [-0.2, -0.15) is 9.98 Å². The number of piperidine rings is 1. The van der Waals surface area contributed by atoms with Crippen molar-refractivity contribution in [3.63, 3.8) is 0 Å². The summed E-state index contributed by atoms with van der Waals surface area (Å²) in [5.41, 5.74) is 5.89. The first-order valence-electron chi connectivity index (χ1n) is 14.3. The Morgan fingerprint density at radius 3 is 2.50 bits per heavy atom. The molecular formula is C31H56N6O3. The smallest absolute Gasteiger partial charge is 0.319 e. The van der Waals surface area contributed by atoms with E-state index in [2.05, 4.69) is 58.0 Å². The van der Waals surface area contributed by atoms with Crippen LogP contribution < -0.4 is 11.1 Å². The predicted octanol–water partition coefficient (Wildman–Crippen LogP) is 5.26. The number of allylic oxidation sites excluding steroid dienone is 4. The van der Waals surface area contributed by atoms with Crippen molar-refractivity contribution in [2.75, 3.05) is 53.5 Å². The molecule has 3 N–H and O–H groups in total. The van der Waals surface area contributed by atoms with Crippen LogP contribution in [0.2, 0.25) is 0 Å². The number of likely N-dealkylation sites (tertiary alicyclic amines) is 1. The number of amidine groups is 1. The lowest BCUT2D eigenvalue weighted by atomic mass is 10.1. The summed E-state index contributed by atoms with van der Waals surface area (Å²) in [6, 6.07) is 0.205. The van der Waals surface area contributed by atoms with Crippen LogP contribution in [-0.4, -0.2) is 82.4 Å². The van der Waals surface area contributed by atoms with Crippen molar-refractivity contribution >= 4 is 19.1 Å². The zero-order valence-corrected chi connectivity index (χ0v) is 26.0. The normalized spacial score (nSPS) is 16.3. The molecule has 228 valence electrons. The summed E-state index contributed by atoms with van der Waals surface area (Å²) >= 11 is 0. The van der Waals surface area contributed by atoms with E-state index in [-0.39, 0.29) is 6.02 Å². The summed E-state index contributed by atoms with van der Waals surface area (Å²) in [5, 5.41) is 2.85. The fourth-order valence-corrected chi connectivity index (χ4v) is 3.67. The number of hydrogen-bond donors (Lipinski definition) is 2. The Morgan fingerprint density at radius 1 is 1.23 bits per heavy atom. The minimum Gasteiger partial charge on any atom is -0.490 e. The zero-order chi connectivity index (χ0) is 30.4. The Balaban J connectivity index is 0. The number of nitrogens with two attached hydrogens (primary N) is 1. The standard InChI is InChI=1S/C25H42N6O2.C3H6.C2H6.CH2O/c1-22(11-10-16-31-14-8-5-9-15-31)20-30(3)21-28-25(29-24(26)19-27-2)33-18-17-32-23-12-6-4-7-13-23;1-3-2;2*1-2/h6,10-13,19,21-22,27H,4-5,7-9,14-18,20,26H2,1-3H3;3H,1H2,2H3;1-2H3;1H2/b11-10+,24-19+,28-21+,29-25+;;;. The van der Waals surface area contributed by atoms with E-state index in [0.29, 0.717) is 25.0 Å². The molecule has 2 aliphatic rings. The molecule has 1 aliphatic heterocycles. The number of nitrogens with one attached hydrogen (secondary N) is 1. The molecule has 9 heteroatoms. The number of ether oxygens (including phenoxy) is 2. The maximum Gasteiger partial charge on any atom is 0.319 e. The van der Waals surface area contributed by atoms with Crippen molar-refractivity contribution < 1.29 is 14.3 Å². The van der Waals surface area contributed by atoms with Gasteiger partial charge >= 0.3 is 6.02 Å². The molecule has 1 aliphatic carbocycles. The Kier molecular flexibility index (Phi) is 27.8. The second-order valence-electron chi connectivity index (χ2n) is 8.89. The SMILES string of the molecule is C=CC.C=O.CC.CN/C=C(N)/N=C(\N=C\N(C)CC(C)/C=C/CN1CCCCC1)OCCOC1=CCCC=C1. The first-order valence-corrected chi connectivity index (χ1v) is 14.3. The Labute approximate surface area is 244 Å². The molecule has 40 heavy (non-hydrogen) atoms. The highest BCUT2D eigenvalue weighted by Gasteiger charge is 2.08. The summed E-state index contributed by atoms with van der Waals surface area (Å²) in [6.45, 7) is 18.5. The van der Waals surface area contributed by atoms with E-state index in [1.807, 2.05) is 45.6 Å². The second-order valence-corrected chi connectivity index (χ2v) is 8.89. The van der Waals surface area contributed by atoms with E-state index < -0.39 is 0 Å². The van der Waals surface area contributed by atoms with E-state index in [1.54, 1.807) is 25.7 Å². The van der Waals surface area contributed by atoms with Crippen molar-refractivity contribution in [3.05, 3.63) is 60.8 Å². The fourth-order valence-electron chi connectivity index (χ4n) is 3.67. The van der Waals surface area contributed by atoms with Crippen LogP contribution in [0.25, 0.3) is 0 Å². The highest BCUT2D eigenvalue weighted by atomic mass is 16.5. The van der Waals surface area contributed by atoms with Gasteiger partial charge in [0, 0.05) is 33.4 Å². The maximum atomic E-state index is 8.00. The number of hydrogen-bond acceptors (Lipinski definition) is 7. The molecule has 0 bridgehead atoms. The van der Waals surface area contributed by atoms with Gasteiger partial charge in [-0.3, -0.25) is 4.90 Å². The average molecular weight is 561 g/mol. The third-order valence-electron chi connectivity index (χ3n) is 5.28. The van der Waals surface area contributed by atoms with Gasteiger partial charge in [0.25, 0.3) is 0 Å². The summed E-state index contributed by atoms with van der Waals surface area (Å²) in [4.78, 5) is 21.2. The lowest BCUT2D eigenvalue weighted by Crippen LogP contribution is -2.29. The van der Waals surface area contributed by atoms with E-state index in [9.17, 15) is 0 Å². The number of rotatable bonds is 12. The first kappa shape index (κ1) is 38.8. The molecule has 2 rings (SSSR count). The molecule has 1 fully saturated rings. The van der Waals surface area contributed by atoms with Crippen molar-refractivity contribution in [2.24, 2.45) is 21.6 Å². The quantitative estimate of drug-likeness (QED) is 0.145. The Bertz CT molecular complexity index is 799. The third kappa shape index (κ3) is 22.6. The Morgan fingerprint density at radius 2 is 1.90 bits per heavy atom. The van der Waals surface area contributed by atoms with Crippen LogP contribution in [0.15, 0.2) is 70.8 Å². The second kappa shape index (κ2) is 28.7. The van der Waals surface area contributed by atoms with Gasteiger partial charge in [0.05, 0.1) is 6.34 Å². The monoisotopic (exact) mass is 560 g/mol. The van der Waals surface area contributed by atoms with Crippen molar-refractivity contribution in [1.29, 1.82) is 0 Å². The van der Waals surface area contributed by atoms with Gasteiger partial charge in [-0.25, -0.2) is 0 Å². The van der Waals surface area contributed by atoms with Gasteiger partial charge in [0.1, 0.15) is 31.6 Å². The molecular weight excluding hydrogens is 504 g/mol. The summed E-state index contributed by atoms with van der Waals surface area (Å²) < 4.78 is 11.4. The molecule has 9 nitrogen and oxygen atoms in total. The summed E-state index contributed by atoms with van der Waals surface area (Å²) in [6.07, 6.45) is 21.9. The number of nitrogens with zero attached hydrogens (tertiary/aromatic N) is 4. The van der Waals surface area contributed by atoms with Crippen molar-refractivity contribution in [1.82, 2.24) is 15.1 Å². The van der Waals surface area contributed by atoms with Crippen LogP contribution in [0.5, 0.6) is 0 Å². The molecule has 1 saturated heterocycles.